The number of rotatable bonds is 7. The molecule has 0 saturated carbocycles. The molecular weight excluding hydrogens is 269 g/mol. The van der Waals surface area contributed by atoms with Gasteiger partial charge in [0.15, 0.2) is 0 Å². The van der Waals surface area contributed by atoms with E-state index in [-0.39, 0.29) is 17.5 Å². The quantitative estimate of drug-likeness (QED) is 0.773. The number of hydrogen-bond acceptors (Lipinski definition) is 3. The summed E-state index contributed by atoms with van der Waals surface area (Å²) in [6.45, 7) is 4.29. The zero-order chi connectivity index (χ0) is 14.5. The van der Waals surface area contributed by atoms with Crippen LogP contribution in [0.25, 0.3) is 0 Å². The Morgan fingerprint density at radius 3 is 2.63 bits per heavy atom. The highest BCUT2D eigenvalue weighted by atomic mass is 32.2. The lowest BCUT2D eigenvalue weighted by molar-refractivity contribution is 0.167. The highest BCUT2D eigenvalue weighted by Crippen LogP contribution is 2.20. The number of nitrogens with zero attached hydrogens (tertiary/aromatic N) is 1. The Morgan fingerprint density at radius 1 is 1.42 bits per heavy atom. The summed E-state index contributed by atoms with van der Waals surface area (Å²) >= 11 is 0. The Kier molecular flexibility index (Phi) is 5.90. The molecular formula is C13H20FNO3S. The van der Waals surface area contributed by atoms with Crippen LogP contribution in [0.4, 0.5) is 4.39 Å². The van der Waals surface area contributed by atoms with Crippen molar-refractivity contribution in [3.05, 3.63) is 30.1 Å². The van der Waals surface area contributed by atoms with Gasteiger partial charge in [0, 0.05) is 19.7 Å². The largest absolute Gasteiger partial charge is 0.383 e. The number of sulfonamides is 1. The van der Waals surface area contributed by atoms with Crippen LogP contribution in [0.15, 0.2) is 29.2 Å². The van der Waals surface area contributed by atoms with E-state index in [1.54, 1.807) is 0 Å². The first kappa shape index (κ1) is 16.1. The van der Waals surface area contributed by atoms with Gasteiger partial charge in [0.2, 0.25) is 10.0 Å². The Labute approximate surface area is 114 Å². The maximum absolute atomic E-state index is 13.2. The summed E-state index contributed by atoms with van der Waals surface area (Å²) < 4.78 is 44.5. The zero-order valence-electron chi connectivity index (χ0n) is 11.5. The molecule has 0 N–H and O–H groups in total. The predicted molar refractivity (Wildman–Crippen MR) is 71.9 cm³/mol. The average Bonchev–Trinajstić information content (AvgIpc) is 2.38. The molecule has 1 atom stereocenters. The van der Waals surface area contributed by atoms with Crippen molar-refractivity contribution in [1.29, 1.82) is 0 Å². The molecule has 0 aliphatic heterocycles. The second-order valence-electron chi connectivity index (χ2n) is 4.32. The number of hydrogen-bond donors (Lipinski definition) is 0. The molecule has 0 bridgehead atoms. The van der Waals surface area contributed by atoms with Gasteiger partial charge >= 0.3 is 0 Å². The zero-order valence-corrected chi connectivity index (χ0v) is 12.3. The molecule has 0 aromatic heterocycles. The van der Waals surface area contributed by atoms with Gasteiger partial charge in [0.1, 0.15) is 5.82 Å². The van der Waals surface area contributed by atoms with Gasteiger partial charge in [-0.2, -0.15) is 4.31 Å². The van der Waals surface area contributed by atoms with Crippen LogP contribution in [0, 0.1) is 5.82 Å². The van der Waals surface area contributed by atoms with Crippen molar-refractivity contribution in [2.45, 2.75) is 31.2 Å². The van der Waals surface area contributed by atoms with Crippen LogP contribution in [-0.2, 0) is 14.8 Å². The molecule has 1 aromatic rings. The van der Waals surface area contributed by atoms with Crippen LogP contribution in [0.5, 0.6) is 0 Å². The first-order valence-corrected chi connectivity index (χ1v) is 7.63. The number of halogens is 1. The fourth-order valence-electron chi connectivity index (χ4n) is 1.73. The third kappa shape index (κ3) is 3.99. The molecule has 19 heavy (non-hydrogen) atoms. The van der Waals surface area contributed by atoms with Gasteiger partial charge in [-0.3, -0.25) is 0 Å². The maximum Gasteiger partial charge on any atom is 0.243 e. The number of methoxy groups -OCH3 is 1. The summed E-state index contributed by atoms with van der Waals surface area (Å²) in [5.74, 6) is -0.558. The Morgan fingerprint density at radius 2 is 2.11 bits per heavy atom. The van der Waals surface area contributed by atoms with E-state index in [1.165, 1.54) is 29.6 Å². The molecule has 0 radical (unpaired) electrons. The fourth-order valence-corrected chi connectivity index (χ4v) is 3.45. The van der Waals surface area contributed by atoms with Crippen LogP contribution >= 0.6 is 0 Å². The van der Waals surface area contributed by atoms with Crippen LogP contribution in [-0.4, -0.2) is 39.0 Å². The molecule has 0 aliphatic carbocycles. The van der Waals surface area contributed by atoms with E-state index in [4.69, 9.17) is 4.74 Å². The summed E-state index contributed by atoms with van der Waals surface area (Å²) in [7, 11) is -2.18. The van der Waals surface area contributed by atoms with Gasteiger partial charge < -0.3 is 4.74 Å². The van der Waals surface area contributed by atoms with Crippen molar-refractivity contribution in [2.75, 3.05) is 20.3 Å². The molecule has 0 amide bonds. The molecule has 6 heteroatoms. The molecule has 0 saturated heterocycles. The third-order valence-corrected chi connectivity index (χ3v) is 5.01. The standard InChI is InChI=1S/C13H20FNO3S/c1-4-11(2)15(8-9-18-3)19(16,17)13-7-5-6-12(14)10-13/h5-7,10-11H,4,8-9H2,1-3H3. The normalized spacial score (nSPS) is 13.7. The third-order valence-electron chi connectivity index (χ3n) is 3.00. The highest BCUT2D eigenvalue weighted by molar-refractivity contribution is 7.89. The predicted octanol–water partition coefficient (Wildman–Crippen LogP) is 2.26. The molecule has 0 heterocycles. The monoisotopic (exact) mass is 289 g/mol. The fraction of sp³-hybridized carbons (Fsp3) is 0.538. The van der Waals surface area contributed by atoms with Crippen LogP contribution in [0.3, 0.4) is 0 Å². The van der Waals surface area contributed by atoms with Crippen molar-refractivity contribution >= 4 is 10.0 Å². The summed E-state index contributed by atoms with van der Waals surface area (Å²) in [5.41, 5.74) is 0. The maximum atomic E-state index is 13.2. The van der Waals surface area contributed by atoms with E-state index in [0.29, 0.717) is 13.0 Å². The molecule has 0 fully saturated rings. The van der Waals surface area contributed by atoms with Crippen LogP contribution in [0.2, 0.25) is 0 Å². The molecule has 1 unspecified atom stereocenters. The molecule has 1 rings (SSSR count). The second-order valence-corrected chi connectivity index (χ2v) is 6.21. The molecule has 0 spiro atoms. The molecule has 0 aliphatic rings. The van der Waals surface area contributed by atoms with E-state index in [1.807, 2.05) is 13.8 Å². The first-order valence-electron chi connectivity index (χ1n) is 6.19. The number of ether oxygens (including phenoxy) is 1. The number of benzene rings is 1. The Hall–Kier alpha value is -0.980. The molecule has 1 aromatic carbocycles. The summed E-state index contributed by atoms with van der Waals surface area (Å²) in [4.78, 5) is -0.0242. The first-order chi connectivity index (χ1) is 8.93. The van der Waals surface area contributed by atoms with Crippen molar-refractivity contribution < 1.29 is 17.5 Å². The summed E-state index contributed by atoms with van der Waals surface area (Å²) in [5, 5.41) is 0. The summed E-state index contributed by atoms with van der Waals surface area (Å²) in [6, 6.07) is 4.90. The minimum atomic E-state index is -3.69. The minimum Gasteiger partial charge on any atom is -0.383 e. The van der Waals surface area contributed by atoms with E-state index >= 15 is 0 Å². The average molecular weight is 289 g/mol. The smallest absolute Gasteiger partial charge is 0.243 e. The van der Waals surface area contributed by atoms with Crippen molar-refractivity contribution in [2.24, 2.45) is 0 Å². The van der Waals surface area contributed by atoms with Gasteiger partial charge in [-0.05, 0) is 31.5 Å². The Balaban J connectivity index is 3.11. The van der Waals surface area contributed by atoms with E-state index in [2.05, 4.69) is 0 Å². The summed E-state index contributed by atoms with van der Waals surface area (Å²) in [6.07, 6.45) is 0.679. The second kappa shape index (κ2) is 6.98. The van der Waals surface area contributed by atoms with Crippen molar-refractivity contribution in [3.8, 4) is 0 Å². The van der Waals surface area contributed by atoms with Gasteiger partial charge in [-0.25, -0.2) is 12.8 Å². The van der Waals surface area contributed by atoms with E-state index in [9.17, 15) is 12.8 Å². The van der Waals surface area contributed by atoms with Crippen LogP contribution < -0.4 is 0 Å². The van der Waals surface area contributed by atoms with Crippen molar-refractivity contribution in [3.63, 3.8) is 0 Å². The van der Waals surface area contributed by atoms with Gasteiger partial charge in [0.05, 0.1) is 11.5 Å². The van der Waals surface area contributed by atoms with Gasteiger partial charge in [0.25, 0.3) is 0 Å². The highest BCUT2D eigenvalue weighted by Gasteiger charge is 2.28. The Bertz CT molecular complexity index is 504. The topological polar surface area (TPSA) is 46.6 Å². The molecule has 4 nitrogen and oxygen atoms in total. The van der Waals surface area contributed by atoms with Gasteiger partial charge in [-0.1, -0.05) is 13.0 Å². The SMILES string of the molecule is CCC(C)N(CCOC)S(=O)(=O)c1cccc(F)c1. The molecule has 108 valence electrons. The lowest BCUT2D eigenvalue weighted by Gasteiger charge is -2.27. The van der Waals surface area contributed by atoms with Gasteiger partial charge in [-0.15, -0.1) is 0 Å². The van der Waals surface area contributed by atoms with E-state index < -0.39 is 15.8 Å². The van der Waals surface area contributed by atoms with Crippen molar-refractivity contribution in [1.82, 2.24) is 4.31 Å². The van der Waals surface area contributed by atoms with E-state index in [0.717, 1.165) is 6.07 Å². The van der Waals surface area contributed by atoms with Crippen LogP contribution in [0.1, 0.15) is 20.3 Å². The lowest BCUT2D eigenvalue weighted by Crippen LogP contribution is -2.40. The lowest BCUT2D eigenvalue weighted by atomic mass is 10.3. The minimum absolute atomic E-state index is 0.0242.